The summed E-state index contributed by atoms with van der Waals surface area (Å²) in [6.07, 6.45) is 2.97. The lowest BCUT2D eigenvalue weighted by atomic mass is 9.99. The highest BCUT2D eigenvalue weighted by atomic mass is 127. The zero-order chi connectivity index (χ0) is 14.5. The van der Waals surface area contributed by atoms with Crippen LogP contribution in [0.15, 0.2) is 46.9 Å². The van der Waals surface area contributed by atoms with Crippen molar-refractivity contribution in [1.29, 1.82) is 0 Å². The second-order valence-electron chi connectivity index (χ2n) is 4.91. The van der Waals surface area contributed by atoms with Gasteiger partial charge in [-0.2, -0.15) is 0 Å². The fourth-order valence-electron chi connectivity index (χ4n) is 2.15. The molecule has 2 rings (SSSR count). The van der Waals surface area contributed by atoms with Crippen LogP contribution >= 0.6 is 38.5 Å². The monoisotopic (exact) mass is 444 g/mol. The van der Waals surface area contributed by atoms with E-state index in [1.165, 1.54) is 18.4 Å². The van der Waals surface area contributed by atoms with Crippen molar-refractivity contribution in [3.05, 3.63) is 67.2 Å². The van der Waals surface area contributed by atoms with Gasteiger partial charge in [0.05, 0.1) is 0 Å². The molecule has 0 saturated heterocycles. The van der Waals surface area contributed by atoms with Crippen LogP contribution in [0.4, 0.5) is 0 Å². The summed E-state index contributed by atoms with van der Waals surface area (Å²) < 4.78 is 2.07. The topological polar surface area (TPSA) is 20.2 Å². The summed E-state index contributed by atoms with van der Waals surface area (Å²) in [5, 5.41) is 10.5. The van der Waals surface area contributed by atoms with E-state index >= 15 is 0 Å². The van der Waals surface area contributed by atoms with Gasteiger partial charge in [0.2, 0.25) is 0 Å². The number of halogens is 2. The third-order valence-corrected chi connectivity index (χ3v) is 4.84. The Hall–Kier alpha value is -0.390. The first-order valence-electron chi connectivity index (χ1n) is 6.83. The van der Waals surface area contributed by atoms with Crippen molar-refractivity contribution in [1.82, 2.24) is 0 Å². The normalized spacial score (nSPS) is 12.4. The summed E-state index contributed by atoms with van der Waals surface area (Å²) in [5.41, 5.74) is 3.23. The molecule has 2 aromatic carbocycles. The quantitative estimate of drug-likeness (QED) is 0.605. The number of aryl methyl sites for hydroxylation is 1. The molecule has 3 heteroatoms. The summed E-state index contributed by atoms with van der Waals surface area (Å²) in [6, 6.07) is 14.3. The average molecular weight is 445 g/mol. The maximum absolute atomic E-state index is 10.5. The molecular weight excluding hydrogens is 427 g/mol. The molecule has 0 aliphatic carbocycles. The number of unbranched alkanes of at least 4 members (excludes halogenated alkanes) is 1. The Morgan fingerprint density at radius 1 is 1.15 bits per heavy atom. The first-order valence-corrected chi connectivity index (χ1v) is 8.71. The zero-order valence-corrected chi connectivity index (χ0v) is 15.2. The fraction of sp³-hybridized carbons (Fsp3) is 0.294. The molecule has 2 aromatic rings. The molecule has 1 unspecified atom stereocenters. The van der Waals surface area contributed by atoms with Crippen LogP contribution in [0, 0.1) is 3.57 Å². The van der Waals surface area contributed by atoms with Crippen LogP contribution in [-0.4, -0.2) is 5.11 Å². The summed E-state index contributed by atoms with van der Waals surface area (Å²) in [7, 11) is 0. The Kier molecular flexibility index (Phi) is 6.05. The van der Waals surface area contributed by atoms with E-state index < -0.39 is 6.10 Å². The van der Waals surface area contributed by atoms with E-state index in [9.17, 15) is 5.11 Å². The van der Waals surface area contributed by atoms with Gasteiger partial charge in [-0.1, -0.05) is 53.5 Å². The Bertz CT molecular complexity index is 566. The van der Waals surface area contributed by atoms with Gasteiger partial charge in [0, 0.05) is 8.04 Å². The first kappa shape index (κ1) is 16.0. The molecule has 0 saturated carbocycles. The highest BCUT2D eigenvalue weighted by Gasteiger charge is 2.14. The number of aliphatic hydroxyl groups excluding tert-OH is 1. The third-order valence-electron chi connectivity index (χ3n) is 3.37. The van der Waals surface area contributed by atoms with Crippen molar-refractivity contribution in [2.75, 3.05) is 0 Å². The minimum absolute atomic E-state index is 0.570. The van der Waals surface area contributed by atoms with E-state index in [0.29, 0.717) is 0 Å². The van der Waals surface area contributed by atoms with Gasteiger partial charge in [-0.25, -0.2) is 0 Å². The average Bonchev–Trinajstić information content (AvgIpc) is 2.47. The number of benzene rings is 2. The molecule has 0 heterocycles. The predicted molar refractivity (Wildman–Crippen MR) is 96.0 cm³/mol. The standard InChI is InChI=1S/C17H18BrIO/c1-2-3-4-12-5-7-13(8-6-12)17(20)15-11-14(18)9-10-16(15)19/h5-11,17,20H,2-4H2,1H3. The molecule has 0 radical (unpaired) electrons. The van der Waals surface area contributed by atoms with Crippen LogP contribution in [0.5, 0.6) is 0 Å². The molecular formula is C17H18BrIO. The Labute approximate surface area is 142 Å². The molecule has 0 spiro atoms. The van der Waals surface area contributed by atoms with E-state index in [1.54, 1.807) is 0 Å². The van der Waals surface area contributed by atoms with Crippen molar-refractivity contribution < 1.29 is 5.11 Å². The number of aliphatic hydroxyl groups is 1. The smallest absolute Gasteiger partial charge is 0.105 e. The Morgan fingerprint density at radius 2 is 1.85 bits per heavy atom. The lowest BCUT2D eigenvalue weighted by Gasteiger charge is -2.14. The highest BCUT2D eigenvalue weighted by molar-refractivity contribution is 14.1. The first-order chi connectivity index (χ1) is 9.61. The third kappa shape index (κ3) is 4.06. The van der Waals surface area contributed by atoms with Gasteiger partial charge in [-0.15, -0.1) is 0 Å². The molecule has 0 fully saturated rings. The molecule has 106 valence electrons. The summed E-state index contributed by atoms with van der Waals surface area (Å²) in [5.74, 6) is 0. The molecule has 1 atom stereocenters. The second-order valence-corrected chi connectivity index (χ2v) is 6.99. The maximum atomic E-state index is 10.5. The minimum Gasteiger partial charge on any atom is -0.384 e. The van der Waals surface area contributed by atoms with E-state index in [0.717, 1.165) is 25.6 Å². The molecule has 0 bridgehead atoms. The predicted octanol–water partition coefficient (Wildman–Crippen LogP) is 5.48. The van der Waals surface area contributed by atoms with Gasteiger partial charge in [-0.3, -0.25) is 0 Å². The molecule has 0 amide bonds. The van der Waals surface area contributed by atoms with E-state index in [2.05, 4.69) is 57.6 Å². The molecule has 20 heavy (non-hydrogen) atoms. The van der Waals surface area contributed by atoms with Gasteiger partial charge in [0.1, 0.15) is 6.10 Å². The molecule has 0 aliphatic rings. The lowest BCUT2D eigenvalue weighted by molar-refractivity contribution is 0.219. The van der Waals surface area contributed by atoms with Crippen LogP contribution in [0.2, 0.25) is 0 Å². The fourth-order valence-corrected chi connectivity index (χ4v) is 3.16. The second kappa shape index (κ2) is 7.57. The van der Waals surface area contributed by atoms with E-state index in [1.807, 2.05) is 30.3 Å². The van der Waals surface area contributed by atoms with Gasteiger partial charge in [0.25, 0.3) is 0 Å². The van der Waals surface area contributed by atoms with Crippen molar-refractivity contribution in [2.24, 2.45) is 0 Å². The van der Waals surface area contributed by atoms with Gasteiger partial charge in [-0.05, 0) is 70.3 Å². The van der Waals surface area contributed by atoms with Crippen LogP contribution < -0.4 is 0 Å². The van der Waals surface area contributed by atoms with Crippen LogP contribution in [0.3, 0.4) is 0 Å². The van der Waals surface area contributed by atoms with Crippen LogP contribution in [0.1, 0.15) is 42.6 Å². The number of rotatable bonds is 5. The Morgan fingerprint density at radius 3 is 2.50 bits per heavy atom. The summed E-state index contributed by atoms with van der Waals surface area (Å²) >= 11 is 5.73. The zero-order valence-electron chi connectivity index (χ0n) is 11.4. The largest absolute Gasteiger partial charge is 0.384 e. The molecule has 0 aromatic heterocycles. The number of hydrogen-bond donors (Lipinski definition) is 1. The van der Waals surface area contributed by atoms with E-state index in [4.69, 9.17) is 0 Å². The molecule has 1 nitrogen and oxygen atoms in total. The van der Waals surface area contributed by atoms with Crippen molar-refractivity contribution in [3.8, 4) is 0 Å². The molecule has 1 N–H and O–H groups in total. The van der Waals surface area contributed by atoms with Crippen LogP contribution in [-0.2, 0) is 6.42 Å². The summed E-state index contributed by atoms with van der Waals surface area (Å²) in [4.78, 5) is 0. The Balaban J connectivity index is 2.20. The van der Waals surface area contributed by atoms with Gasteiger partial charge >= 0.3 is 0 Å². The van der Waals surface area contributed by atoms with E-state index in [-0.39, 0.29) is 0 Å². The summed E-state index contributed by atoms with van der Waals surface area (Å²) in [6.45, 7) is 2.20. The minimum atomic E-state index is -0.570. The van der Waals surface area contributed by atoms with Crippen LogP contribution in [0.25, 0.3) is 0 Å². The number of hydrogen-bond acceptors (Lipinski definition) is 1. The van der Waals surface area contributed by atoms with Gasteiger partial charge < -0.3 is 5.11 Å². The SMILES string of the molecule is CCCCc1ccc(C(O)c2cc(Br)ccc2I)cc1. The van der Waals surface area contributed by atoms with Crippen molar-refractivity contribution >= 4 is 38.5 Å². The highest BCUT2D eigenvalue weighted by Crippen LogP contribution is 2.29. The van der Waals surface area contributed by atoms with Gasteiger partial charge in [0.15, 0.2) is 0 Å². The van der Waals surface area contributed by atoms with Crippen molar-refractivity contribution in [3.63, 3.8) is 0 Å². The van der Waals surface area contributed by atoms with Crippen molar-refractivity contribution in [2.45, 2.75) is 32.3 Å². The lowest BCUT2D eigenvalue weighted by Crippen LogP contribution is -2.02. The molecule has 0 aliphatic heterocycles. The maximum Gasteiger partial charge on any atom is 0.105 e.